The van der Waals surface area contributed by atoms with Gasteiger partial charge in [0.15, 0.2) is 0 Å². The van der Waals surface area contributed by atoms with Gasteiger partial charge in [-0.2, -0.15) is 0 Å². The predicted octanol–water partition coefficient (Wildman–Crippen LogP) is 2.85. The fourth-order valence-corrected chi connectivity index (χ4v) is 0.803. The minimum atomic E-state index is -2.32. The lowest BCUT2D eigenvalue weighted by Crippen LogP contribution is -2.05. The number of unbranched alkanes of at least 4 members (excludes halogenated alkanes) is 3. The van der Waals surface area contributed by atoms with Crippen LogP contribution >= 0.6 is 0 Å². The lowest BCUT2D eigenvalue weighted by Gasteiger charge is -2.01. The largest absolute Gasteiger partial charge is 0.376 e. The maximum absolute atomic E-state index is 11.5. The highest BCUT2D eigenvalue weighted by Gasteiger charge is 2.00. The highest BCUT2D eigenvalue weighted by Crippen LogP contribution is 2.00. The Morgan fingerprint density at radius 2 is 1.91 bits per heavy atom. The van der Waals surface area contributed by atoms with E-state index in [-0.39, 0.29) is 0 Å². The first-order chi connectivity index (χ1) is 5.27. The summed E-state index contributed by atoms with van der Waals surface area (Å²) in [5, 5.41) is 0. The molecule has 68 valence electrons. The Kier molecular flexibility index (Phi) is 7.79. The molecule has 0 radical (unpaired) electrons. The SMILES string of the molecule is CCCCCCOCC(F)F. The molecule has 0 aliphatic heterocycles. The molecule has 0 aromatic carbocycles. The Morgan fingerprint density at radius 1 is 1.18 bits per heavy atom. The number of halogens is 2. The third-order valence-electron chi connectivity index (χ3n) is 1.39. The minimum Gasteiger partial charge on any atom is -0.376 e. The normalized spacial score (nSPS) is 10.9. The summed E-state index contributed by atoms with van der Waals surface area (Å²) in [5.74, 6) is 0. The zero-order valence-electron chi connectivity index (χ0n) is 6.98. The molecule has 1 nitrogen and oxygen atoms in total. The van der Waals surface area contributed by atoms with Crippen molar-refractivity contribution >= 4 is 0 Å². The zero-order valence-corrected chi connectivity index (χ0v) is 6.98. The van der Waals surface area contributed by atoms with Gasteiger partial charge >= 0.3 is 0 Å². The molecule has 0 aromatic rings. The van der Waals surface area contributed by atoms with Gasteiger partial charge in [0.25, 0.3) is 6.43 Å². The molecule has 0 fully saturated rings. The lowest BCUT2D eigenvalue weighted by atomic mass is 10.2. The average Bonchev–Trinajstić information content (AvgIpc) is 1.96. The van der Waals surface area contributed by atoms with Crippen LogP contribution in [-0.4, -0.2) is 19.6 Å². The van der Waals surface area contributed by atoms with Gasteiger partial charge in [-0.15, -0.1) is 0 Å². The molecule has 3 heteroatoms. The van der Waals surface area contributed by atoms with E-state index in [1.807, 2.05) is 0 Å². The molecule has 0 bridgehead atoms. The molecule has 0 saturated carbocycles. The van der Waals surface area contributed by atoms with E-state index in [1.165, 1.54) is 0 Å². The van der Waals surface area contributed by atoms with Crippen molar-refractivity contribution in [1.29, 1.82) is 0 Å². The number of rotatable bonds is 7. The topological polar surface area (TPSA) is 9.23 Å². The Hall–Kier alpha value is -0.180. The fourth-order valence-electron chi connectivity index (χ4n) is 0.803. The Labute approximate surface area is 66.7 Å². The van der Waals surface area contributed by atoms with Crippen molar-refractivity contribution in [2.45, 2.75) is 39.0 Å². The molecule has 0 unspecified atom stereocenters. The van der Waals surface area contributed by atoms with Crippen LogP contribution in [0.4, 0.5) is 8.78 Å². The van der Waals surface area contributed by atoms with Gasteiger partial charge in [-0.1, -0.05) is 26.2 Å². The monoisotopic (exact) mass is 166 g/mol. The smallest absolute Gasteiger partial charge is 0.261 e. The van der Waals surface area contributed by atoms with E-state index in [2.05, 4.69) is 6.92 Å². The van der Waals surface area contributed by atoms with Gasteiger partial charge in [0.1, 0.15) is 6.61 Å². The van der Waals surface area contributed by atoms with Crippen LogP contribution in [0.25, 0.3) is 0 Å². The molecular weight excluding hydrogens is 150 g/mol. The van der Waals surface area contributed by atoms with E-state index >= 15 is 0 Å². The summed E-state index contributed by atoms with van der Waals surface area (Å²) in [6.07, 6.45) is 1.99. The summed E-state index contributed by atoms with van der Waals surface area (Å²) >= 11 is 0. The molecule has 0 atom stereocenters. The van der Waals surface area contributed by atoms with Crippen LogP contribution in [0.1, 0.15) is 32.6 Å². The fraction of sp³-hybridized carbons (Fsp3) is 1.00. The molecule has 0 aliphatic carbocycles. The van der Waals surface area contributed by atoms with Gasteiger partial charge in [-0.05, 0) is 6.42 Å². The molecule has 0 aromatic heterocycles. The van der Waals surface area contributed by atoms with Crippen molar-refractivity contribution in [1.82, 2.24) is 0 Å². The van der Waals surface area contributed by atoms with Gasteiger partial charge in [0, 0.05) is 6.61 Å². The highest BCUT2D eigenvalue weighted by molar-refractivity contribution is 4.40. The van der Waals surface area contributed by atoms with E-state index in [4.69, 9.17) is 4.74 Å². The summed E-state index contributed by atoms with van der Waals surface area (Å²) < 4.78 is 27.7. The van der Waals surface area contributed by atoms with Gasteiger partial charge in [0.2, 0.25) is 0 Å². The molecule has 11 heavy (non-hydrogen) atoms. The maximum Gasteiger partial charge on any atom is 0.261 e. The van der Waals surface area contributed by atoms with Crippen LogP contribution in [0, 0.1) is 0 Å². The number of ether oxygens (including phenoxy) is 1. The highest BCUT2D eigenvalue weighted by atomic mass is 19.3. The quantitative estimate of drug-likeness (QED) is 0.528. The molecular formula is C8H16F2O. The van der Waals surface area contributed by atoms with E-state index in [1.54, 1.807) is 0 Å². The standard InChI is InChI=1S/C8H16F2O/c1-2-3-4-5-6-11-7-8(9)10/h8H,2-7H2,1H3. The van der Waals surface area contributed by atoms with E-state index in [9.17, 15) is 8.78 Å². The van der Waals surface area contributed by atoms with Crippen molar-refractivity contribution < 1.29 is 13.5 Å². The second-order valence-electron chi connectivity index (χ2n) is 2.53. The summed E-state index contributed by atoms with van der Waals surface area (Å²) in [6.45, 7) is 2.18. The van der Waals surface area contributed by atoms with Crippen molar-refractivity contribution in [3.63, 3.8) is 0 Å². The van der Waals surface area contributed by atoms with Gasteiger partial charge in [-0.25, -0.2) is 8.78 Å². The van der Waals surface area contributed by atoms with Gasteiger partial charge in [-0.3, -0.25) is 0 Å². The van der Waals surface area contributed by atoms with Gasteiger partial charge in [0.05, 0.1) is 0 Å². The van der Waals surface area contributed by atoms with Crippen LogP contribution in [0.5, 0.6) is 0 Å². The second kappa shape index (κ2) is 7.92. The average molecular weight is 166 g/mol. The van der Waals surface area contributed by atoms with Gasteiger partial charge < -0.3 is 4.74 Å². The van der Waals surface area contributed by atoms with Crippen LogP contribution in [0.2, 0.25) is 0 Å². The maximum atomic E-state index is 11.5. The molecule has 0 N–H and O–H groups in total. The van der Waals surface area contributed by atoms with E-state index < -0.39 is 13.0 Å². The molecule has 0 rings (SSSR count). The zero-order chi connectivity index (χ0) is 8.53. The second-order valence-corrected chi connectivity index (χ2v) is 2.53. The van der Waals surface area contributed by atoms with Crippen molar-refractivity contribution in [2.24, 2.45) is 0 Å². The van der Waals surface area contributed by atoms with E-state index in [0.717, 1.165) is 25.7 Å². The van der Waals surface area contributed by atoms with Crippen LogP contribution < -0.4 is 0 Å². The molecule has 0 spiro atoms. The van der Waals surface area contributed by atoms with Crippen molar-refractivity contribution in [2.75, 3.05) is 13.2 Å². The number of hydrogen-bond acceptors (Lipinski definition) is 1. The Bertz CT molecular complexity index is 76.5. The number of hydrogen-bond donors (Lipinski definition) is 0. The third kappa shape index (κ3) is 9.82. The minimum absolute atomic E-state index is 0.411. The lowest BCUT2D eigenvalue weighted by molar-refractivity contribution is 0.0162. The van der Waals surface area contributed by atoms with E-state index in [0.29, 0.717) is 6.61 Å². The Balaban J connectivity index is 2.80. The number of alkyl halides is 2. The first kappa shape index (κ1) is 10.8. The third-order valence-corrected chi connectivity index (χ3v) is 1.39. The molecule has 0 heterocycles. The first-order valence-corrected chi connectivity index (χ1v) is 4.13. The predicted molar refractivity (Wildman–Crippen MR) is 41.0 cm³/mol. The van der Waals surface area contributed by atoms with Crippen LogP contribution in [-0.2, 0) is 4.74 Å². The summed E-state index contributed by atoms with van der Waals surface area (Å²) in [7, 11) is 0. The van der Waals surface area contributed by atoms with Crippen molar-refractivity contribution in [3.05, 3.63) is 0 Å². The summed E-state index contributed by atoms with van der Waals surface area (Å²) in [5.41, 5.74) is 0. The van der Waals surface area contributed by atoms with Crippen LogP contribution in [0.15, 0.2) is 0 Å². The molecule has 0 amide bonds. The van der Waals surface area contributed by atoms with Crippen molar-refractivity contribution in [3.8, 4) is 0 Å². The van der Waals surface area contributed by atoms with Crippen LogP contribution in [0.3, 0.4) is 0 Å². The Morgan fingerprint density at radius 3 is 2.45 bits per heavy atom. The molecule has 0 saturated heterocycles. The first-order valence-electron chi connectivity index (χ1n) is 4.13. The summed E-state index contributed by atoms with van der Waals surface area (Å²) in [6, 6.07) is 0. The molecule has 0 aliphatic rings. The summed E-state index contributed by atoms with van der Waals surface area (Å²) in [4.78, 5) is 0.